The van der Waals surface area contributed by atoms with Gasteiger partial charge in [0.2, 0.25) is 0 Å². The molecule has 0 aliphatic carbocycles. The van der Waals surface area contributed by atoms with E-state index >= 15 is 4.39 Å². The number of allylic oxidation sites excluding steroid dienone is 2. The van der Waals surface area contributed by atoms with Gasteiger partial charge in [0.15, 0.2) is 0 Å². The molecule has 0 saturated carbocycles. The number of halogens is 2. The highest BCUT2D eigenvalue weighted by Crippen LogP contribution is 2.31. The van der Waals surface area contributed by atoms with Crippen molar-refractivity contribution in [3.05, 3.63) is 169 Å². The van der Waals surface area contributed by atoms with Gasteiger partial charge < -0.3 is 32.1 Å². The van der Waals surface area contributed by atoms with E-state index in [0.717, 1.165) is 70.3 Å². The molecule has 1 atom stereocenters. The number of nitrogens with zero attached hydrogens (tertiary/aromatic N) is 8. The smallest absolute Gasteiger partial charge is 0.141 e. The Bertz CT molecular complexity index is 3330. The van der Waals surface area contributed by atoms with Gasteiger partial charge in [0.25, 0.3) is 0 Å². The van der Waals surface area contributed by atoms with E-state index in [0.29, 0.717) is 57.5 Å². The number of nitrogens with one attached hydrogen (secondary N) is 4. The van der Waals surface area contributed by atoms with E-state index in [-0.39, 0.29) is 23.7 Å². The van der Waals surface area contributed by atoms with Gasteiger partial charge in [0, 0.05) is 83.3 Å². The molecule has 1 saturated heterocycles. The van der Waals surface area contributed by atoms with Crippen LogP contribution in [0.5, 0.6) is 0 Å². The molecule has 1 fully saturated rings. The maximum absolute atomic E-state index is 16.0. The lowest BCUT2D eigenvalue weighted by atomic mass is 10.0. The fraction of sp³-hybridized carbons (Fsp3) is 0.241. The Hall–Kier alpha value is -8.02. The topological polar surface area (TPSA) is 189 Å². The number of quaternary nitrogens is 2. The molecule has 376 valence electrons. The summed E-state index contributed by atoms with van der Waals surface area (Å²) < 4.78 is 30.5. The van der Waals surface area contributed by atoms with Crippen LogP contribution in [0.2, 0.25) is 0 Å². The molecule has 74 heavy (non-hydrogen) atoms. The van der Waals surface area contributed by atoms with Crippen LogP contribution < -0.4 is 21.3 Å². The second-order valence-electron chi connectivity index (χ2n) is 18.8. The van der Waals surface area contributed by atoms with E-state index in [9.17, 15) is 4.39 Å². The quantitative estimate of drug-likeness (QED) is 0.0283. The van der Waals surface area contributed by atoms with Crippen LogP contribution in [-0.2, 0) is 6.42 Å². The van der Waals surface area contributed by atoms with Gasteiger partial charge in [0.05, 0.1) is 46.7 Å². The van der Waals surface area contributed by atoms with Crippen molar-refractivity contribution >= 4 is 68.4 Å². The third-order valence-corrected chi connectivity index (χ3v) is 13.5. The van der Waals surface area contributed by atoms with Crippen molar-refractivity contribution in [3.8, 4) is 22.5 Å². The SMILES string of the molecule is CC(C)N(CC[NH2+]/C=C(\C=N)c1ccc2c(Nc3ccnc(-c4ccccc4F)c3)ncnc2c1)C(C)Cc1ccc(-c2cc(Nc3ncnc4cc(/C(C=N)=C/[NH2+]CCN5CCCC5)ccc34)ccn2)c(F)c1. The number of hydrogen-bond acceptors (Lipinski definition) is 12. The normalized spacial score (nSPS) is 13.8. The van der Waals surface area contributed by atoms with Gasteiger partial charge in [-0.05, 0) is 143 Å². The lowest BCUT2D eigenvalue weighted by Gasteiger charge is -2.32. The van der Waals surface area contributed by atoms with Crippen molar-refractivity contribution in [1.82, 2.24) is 39.7 Å². The first-order chi connectivity index (χ1) is 36.1. The molecule has 1 aliphatic heterocycles. The third kappa shape index (κ3) is 12.4. The molecule has 8 aromatic rings. The Labute approximate surface area is 430 Å². The monoisotopic (exact) mass is 993 g/mol. The Kier molecular flexibility index (Phi) is 16.6. The summed E-state index contributed by atoms with van der Waals surface area (Å²) >= 11 is 0. The maximum atomic E-state index is 16.0. The van der Waals surface area contributed by atoms with Crippen molar-refractivity contribution in [2.45, 2.75) is 52.1 Å². The van der Waals surface area contributed by atoms with E-state index in [2.05, 4.69) is 81.7 Å². The molecule has 0 amide bonds. The summed E-state index contributed by atoms with van der Waals surface area (Å²) in [5.41, 5.74) is 8.95. The Balaban J connectivity index is 0.799. The Morgan fingerprint density at radius 2 is 1.22 bits per heavy atom. The maximum Gasteiger partial charge on any atom is 0.141 e. The van der Waals surface area contributed by atoms with Gasteiger partial charge in [-0.2, -0.15) is 0 Å². The number of aromatic nitrogens is 6. The van der Waals surface area contributed by atoms with Gasteiger partial charge in [-0.15, -0.1) is 0 Å². The summed E-state index contributed by atoms with van der Waals surface area (Å²) in [6.45, 7) is 12.4. The van der Waals surface area contributed by atoms with Crippen molar-refractivity contribution < 1.29 is 19.4 Å². The molecule has 4 aromatic carbocycles. The number of pyridine rings is 2. The van der Waals surface area contributed by atoms with E-state index in [1.54, 1.807) is 48.8 Å². The molecule has 0 spiro atoms. The van der Waals surface area contributed by atoms with Crippen molar-refractivity contribution in [1.29, 1.82) is 10.8 Å². The van der Waals surface area contributed by atoms with Crippen LogP contribution in [0.25, 0.3) is 55.5 Å². The minimum Gasteiger partial charge on any atom is -0.340 e. The van der Waals surface area contributed by atoms with Crippen LogP contribution in [0.15, 0.2) is 141 Å². The van der Waals surface area contributed by atoms with Gasteiger partial charge in [-0.25, -0.2) is 28.7 Å². The van der Waals surface area contributed by atoms with Crippen molar-refractivity contribution in [2.75, 3.05) is 49.9 Å². The fourth-order valence-electron chi connectivity index (χ4n) is 9.63. The summed E-state index contributed by atoms with van der Waals surface area (Å²) in [6, 6.07) is 31.4. The molecule has 0 bridgehead atoms. The molecular weight excluding hydrogens is 931 g/mol. The van der Waals surface area contributed by atoms with Crippen LogP contribution >= 0.6 is 0 Å². The second kappa shape index (κ2) is 24.1. The van der Waals surface area contributed by atoms with E-state index in [1.165, 1.54) is 57.1 Å². The summed E-state index contributed by atoms with van der Waals surface area (Å²) in [7, 11) is 0. The number of benzene rings is 4. The highest BCUT2D eigenvalue weighted by atomic mass is 19.1. The molecule has 9 rings (SSSR count). The predicted octanol–water partition coefficient (Wildman–Crippen LogP) is 9.01. The number of likely N-dealkylation sites (tertiary alicyclic amines) is 1. The zero-order valence-corrected chi connectivity index (χ0v) is 41.9. The average Bonchev–Trinajstić information content (AvgIpc) is 3.94. The fourth-order valence-corrected chi connectivity index (χ4v) is 9.63. The molecular formula is C58H62F2N14+2. The van der Waals surface area contributed by atoms with Crippen molar-refractivity contribution in [2.24, 2.45) is 0 Å². The first kappa shape index (κ1) is 50.9. The van der Waals surface area contributed by atoms with E-state index in [4.69, 9.17) is 10.8 Å². The molecule has 14 nitrogen and oxygen atoms in total. The summed E-state index contributed by atoms with van der Waals surface area (Å²) in [4.78, 5) is 31.9. The van der Waals surface area contributed by atoms with Crippen LogP contribution in [0.1, 0.15) is 50.3 Å². The standard InChI is InChI=1S/C58H60F2N14/c1-38(2)74(25-21-64-35-44(33-62)42-12-15-49-54(29-42)68-36-69-57(49)71-45-16-18-65-55(30-45)47-8-4-5-9-51(47)59)39(3)26-40-10-13-48(52(60)27-40)56-31-46(17-19-66-56)72-58-50-14-11-41(28-53(50)67-37-70-58)43(32-61)34-63-20-24-73-22-6-7-23-73/h4-5,8-19,27-39,61-64H,6-7,20-26H2,1-3H3,(H,65,68,69,71)(H,66,67,70,72)/p+2/b43-34+,44-35+,61-32?,62-33?. The predicted molar refractivity (Wildman–Crippen MR) is 293 cm³/mol. The lowest BCUT2D eigenvalue weighted by molar-refractivity contribution is -0.587. The number of rotatable bonds is 22. The Morgan fingerprint density at radius 3 is 1.77 bits per heavy atom. The van der Waals surface area contributed by atoms with Gasteiger partial charge >= 0.3 is 0 Å². The first-order valence-corrected chi connectivity index (χ1v) is 25.2. The molecule has 16 heteroatoms. The zero-order valence-electron chi connectivity index (χ0n) is 41.9. The largest absolute Gasteiger partial charge is 0.340 e. The average molecular weight is 993 g/mol. The van der Waals surface area contributed by atoms with Crippen LogP contribution in [0.4, 0.5) is 31.8 Å². The minimum absolute atomic E-state index is 0.126. The van der Waals surface area contributed by atoms with E-state index in [1.807, 2.05) is 73.1 Å². The number of fused-ring (bicyclic) bond motifs is 2. The summed E-state index contributed by atoms with van der Waals surface area (Å²) in [5, 5.41) is 28.9. The highest BCUT2D eigenvalue weighted by molar-refractivity contribution is 6.10. The number of hydrogen-bond donors (Lipinski definition) is 6. The molecule has 1 unspecified atom stereocenters. The Morgan fingerprint density at radius 1 is 0.649 bits per heavy atom. The third-order valence-electron chi connectivity index (χ3n) is 13.5. The molecule has 0 radical (unpaired) electrons. The van der Waals surface area contributed by atoms with Crippen LogP contribution in [0.3, 0.4) is 0 Å². The molecule has 8 N–H and O–H groups in total. The first-order valence-electron chi connectivity index (χ1n) is 25.2. The number of nitrogens with two attached hydrogens (primary N) is 2. The van der Waals surface area contributed by atoms with Gasteiger partial charge in [-0.1, -0.05) is 30.3 Å². The zero-order chi connectivity index (χ0) is 51.4. The van der Waals surface area contributed by atoms with Gasteiger partial charge in [-0.3, -0.25) is 19.8 Å². The molecule has 1 aliphatic rings. The second-order valence-corrected chi connectivity index (χ2v) is 18.8. The van der Waals surface area contributed by atoms with E-state index < -0.39 is 0 Å². The van der Waals surface area contributed by atoms with Crippen molar-refractivity contribution in [3.63, 3.8) is 0 Å². The van der Waals surface area contributed by atoms with Crippen LogP contribution in [0, 0.1) is 22.5 Å². The molecule has 5 heterocycles. The van der Waals surface area contributed by atoms with Crippen LogP contribution in [-0.4, -0.2) is 103 Å². The summed E-state index contributed by atoms with van der Waals surface area (Å²) in [5.74, 6) is 0.531. The molecule has 4 aromatic heterocycles. The lowest BCUT2D eigenvalue weighted by Crippen LogP contribution is -2.80. The van der Waals surface area contributed by atoms with Gasteiger partial charge in [0.1, 0.15) is 48.3 Å². The number of anilines is 4. The minimum atomic E-state index is -0.343. The summed E-state index contributed by atoms with van der Waals surface area (Å²) in [6.07, 6.45) is 16.3. The highest BCUT2D eigenvalue weighted by Gasteiger charge is 2.20.